The fourth-order valence-electron chi connectivity index (χ4n) is 1.93. The van der Waals surface area contributed by atoms with Crippen molar-refractivity contribution in [2.45, 2.75) is 32.4 Å². The van der Waals surface area contributed by atoms with Crippen LogP contribution in [0.1, 0.15) is 31.9 Å². The first-order chi connectivity index (χ1) is 7.72. The van der Waals surface area contributed by atoms with Gasteiger partial charge in [0.05, 0.1) is 12.1 Å². The summed E-state index contributed by atoms with van der Waals surface area (Å²) in [6, 6.07) is 8.13. The van der Waals surface area contributed by atoms with Gasteiger partial charge in [0.15, 0.2) is 0 Å². The summed E-state index contributed by atoms with van der Waals surface area (Å²) in [5.74, 6) is 0. The van der Waals surface area contributed by atoms with Gasteiger partial charge in [0.25, 0.3) is 0 Å². The third kappa shape index (κ3) is 3.48. The summed E-state index contributed by atoms with van der Waals surface area (Å²) in [6.07, 6.45) is 1.17. The van der Waals surface area contributed by atoms with Crippen molar-refractivity contribution in [3.05, 3.63) is 34.9 Å². The maximum absolute atomic E-state index is 6.00. The lowest BCUT2D eigenvalue weighted by atomic mass is 10.00. The Balaban J connectivity index is 2.87. The van der Waals surface area contributed by atoms with E-state index >= 15 is 0 Å². The Hall–Kier alpha value is -0.570. The number of likely N-dealkylation sites (N-methyl/N-ethyl adjacent to an activating group) is 1. The van der Waals surface area contributed by atoms with Crippen molar-refractivity contribution in [1.29, 1.82) is 0 Å². The normalized spacial score (nSPS) is 14.8. The summed E-state index contributed by atoms with van der Waals surface area (Å²) in [6.45, 7) is 4.89. The van der Waals surface area contributed by atoms with E-state index in [0.29, 0.717) is 0 Å². The van der Waals surface area contributed by atoms with Crippen LogP contribution in [0.4, 0.5) is 0 Å². The van der Waals surface area contributed by atoms with Crippen LogP contribution in [0.3, 0.4) is 0 Å². The fourth-order valence-corrected chi connectivity index (χ4v) is 2.13. The van der Waals surface area contributed by atoms with Gasteiger partial charge in [-0.2, -0.15) is 0 Å². The number of ether oxygens (including phenoxy) is 1. The Morgan fingerprint density at radius 3 is 2.62 bits per heavy atom. The monoisotopic (exact) mass is 241 g/mol. The van der Waals surface area contributed by atoms with E-state index in [1.54, 1.807) is 0 Å². The molecule has 2 atom stereocenters. The maximum atomic E-state index is 6.00. The van der Waals surface area contributed by atoms with E-state index < -0.39 is 0 Å². The first-order valence-corrected chi connectivity index (χ1v) is 6.15. The van der Waals surface area contributed by atoms with Crippen molar-refractivity contribution in [2.24, 2.45) is 0 Å². The molecule has 0 saturated carbocycles. The molecule has 0 aliphatic rings. The third-order valence-electron chi connectivity index (χ3n) is 2.67. The minimum Gasteiger partial charge on any atom is -0.377 e. The van der Waals surface area contributed by atoms with Crippen molar-refractivity contribution >= 4 is 11.6 Å². The van der Waals surface area contributed by atoms with Crippen molar-refractivity contribution < 1.29 is 4.74 Å². The molecule has 0 amide bonds. The number of nitrogens with one attached hydrogen (secondary N) is 1. The van der Waals surface area contributed by atoms with E-state index in [1.165, 1.54) is 5.56 Å². The van der Waals surface area contributed by atoms with Gasteiger partial charge in [-0.05, 0) is 38.1 Å². The lowest BCUT2D eigenvalue weighted by Crippen LogP contribution is -2.31. The summed E-state index contributed by atoms with van der Waals surface area (Å²) in [5, 5.41) is 4.07. The van der Waals surface area contributed by atoms with Gasteiger partial charge in [-0.1, -0.05) is 30.7 Å². The molecular formula is C13H20ClNO. The highest BCUT2D eigenvalue weighted by atomic mass is 35.5. The van der Waals surface area contributed by atoms with Gasteiger partial charge in [0, 0.05) is 11.6 Å². The molecule has 1 aromatic carbocycles. The van der Waals surface area contributed by atoms with Crippen molar-refractivity contribution in [3.8, 4) is 0 Å². The van der Waals surface area contributed by atoms with Gasteiger partial charge < -0.3 is 10.1 Å². The minimum atomic E-state index is 0.188. The fraction of sp³-hybridized carbons (Fsp3) is 0.538. The molecule has 0 heterocycles. The zero-order chi connectivity index (χ0) is 12.0. The maximum Gasteiger partial charge on any atom is 0.0766 e. The average molecular weight is 242 g/mol. The molecular weight excluding hydrogens is 222 g/mol. The van der Waals surface area contributed by atoms with E-state index in [0.717, 1.165) is 18.1 Å². The van der Waals surface area contributed by atoms with E-state index in [4.69, 9.17) is 16.3 Å². The molecule has 1 N–H and O–H groups in total. The van der Waals surface area contributed by atoms with Crippen molar-refractivity contribution in [2.75, 3.05) is 13.7 Å². The third-order valence-corrected chi connectivity index (χ3v) is 2.91. The lowest BCUT2D eigenvalue weighted by molar-refractivity contribution is 0.0334. The first kappa shape index (κ1) is 13.5. The Bertz CT molecular complexity index is 317. The lowest BCUT2D eigenvalue weighted by Gasteiger charge is -2.26. The summed E-state index contributed by atoms with van der Waals surface area (Å²) in [7, 11) is 1.95. The number of benzene rings is 1. The van der Waals surface area contributed by atoms with Crippen molar-refractivity contribution in [1.82, 2.24) is 5.32 Å². The highest BCUT2D eigenvalue weighted by Gasteiger charge is 2.20. The van der Waals surface area contributed by atoms with E-state index in [1.807, 2.05) is 32.2 Å². The minimum absolute atomic E-state index is 0.188. The van der Waals surface area contributed by atoms with Crippen LogP contribution in [0.5, 0.6) is 0 Å². The molecule has 0 aliphatic heterocycles. The highest BCUT2D eigenvalue weighted by Crippen LogP contribution is 2.23. The molecule has 1 rings (SSSR count). The van der Waals surface area contributed by atoms with Crippen LogP contribution in [0.2, 0.25) is 5.02 Å². The largest absolute Gasteiger partial charge is 0.377 e. The standard InChI is InChI=1S/C13H20ClNO/c1-4-12(16-5-2)13(15-3)10-7-6-8-11(14)9-10/h6-9,12-13,15H,4-5H2,1-3H3. The van der Waals surface area contributed by atoms with Gasteiger partial charge in [-0.3, -0.25) is 0 Å². The van der Waals surface area contributed by atoms with Crippen LogP contribution >= 0.6 is 11.6 Å². The molecule has 90 valence electrons. The number of hydrogen-bond acceptors (Lipinski definition) is 2. The van der Waals surface area contributed by atoms with Gasteiger partial charge in [0.1, 0.15) is 0 Å². The number of hydrogen-bond donors (Lipinski definition) is 1. The molecule has 1 aromatic rings. The quantitative estimate of drug-likeness (QED) is 0.824. The predicted molar refractivity (Wildman–Crippen MR) is 69.0 cm³/mol. The molecule has 0 aliphatic carbocycles. The van der Waals surface area contributed by atoms with E-state index in [-0.39, 0.29) is 12.1 Å². The predicted octanol–water partition coefficient (Wildman–Crippen LogP) is 3.42. The Morgan fingerprint density at radius 2 is 2.12 bits per heavy atom. The van der Waals surface area contributed by atoms with Crippen LogP contribution in [-0.2, 0) is 4.74 Å². The topological polar surface area (TPSA) is 21.3 Å². The first-order valence-electron chi connectivity index (χ1n) is 5.77. The second-order valence-corrected chi connectivity index (χ2v) is 4.16. The highest BCUT2D eigenvalue weighted by molar-refractivity contribution is 6.30. The van der Waals surface area contributed by atoms with Gasteiger partial charge in [-0.25, -0.2) is 0 Å². The molecule has 0 fully saturated rings. The van der Waals surface area contributed by atoms with E-state index in [9.17, 15) is 0 Å². The Labute approximate surface area is 103 Å². The molecule has 2 unspecified atom stereocenters. The Kier molecular flexibility index (Phi) is 5.81. The molecule has 2 nitrogen and oxygen atoms in total. The van der Waals surface area contributed by atoms with Crippen LogP contribution in [0.15, 0.2) is 24.3 Å². The van der Waals surface area contributed by atoms with Gasteiger partial charge in [0.2, 0.25) is 0 Å². The summed E-state index contributed by atoms with van der Waals surface area (Å²) < 4.78 is 5.73. The molecule has 3 heteroatoms. The zero-order valence-electron chi connectivity index (χ0n) is 10.2. The SMILES string of the molecule is CCOC(CC)C(NC)c1cccc(Cl)c1. The molecule has 0 bridgehead atoms. The molecule has 0 radical (unpaired) electrons. The van der Waals surface area contributed by atoms with Gasteiger partial charge in [-0.15, -0.1) is 0 Å². The molecule has 0 spiro atoms. The van der Waals surface area contributed by atoms with Crippen LogP contribution < -0.4 is 5.32 Å². The Morgan fingerprint density at radius 1 is 1.38 bits per heavy atom. The smallest absolute Gasteiger partial charge is 0.0766 e. The van der Waals surface area contributed by atoms with Gasteiger partial charge >= 0.3 is 0 Å². The van der Waals surface area contributed by atoms with Crippen LogP contribution in [0, 0.1) is 0 Å². The molecule has 0 saturated heterocycles. The number of halogens is 1. The zero-order valence-corrected chi connectivity index (χ0v) is 10.9. The van der Waals surface area contributed by atoms with Crippen molar-refractivity contribution in [3.63, 3.8) is 0 Å². The summed E-state index contributed by atoms with van der Waals surface area (Å²) in [4.78, 5) is 0. The molecule has 16 heavy (non-hydrogen) atoms. The molecule has 0 aromatic heterocycles. The van der Waals surface area contributed by atoms with E-state index in [2.05, 4.69) is 18.3 Å². The summed E-state index contributed by atoms with van der Waals surface area (Å²) in [5.41, 5.74) is 1.18. The van der Waals surface area contributed by atoms with Crippen LogP contribution in [-0.4, -0.2) is 19.8 Å². The average Bonchev–Trinajstić information content (AvgIpc) is 2.29. The number of rotatable bonds is 6. The second-order valence-electron chi connectivity index (χ2n) is 3.72. The summed E-state index contributed by atoms with van der Waals surface area (Å²) >= 11 is 6.00. The van der Waals surface area contributed by atoms with Crippen LogP contribution in [0.25, 0.3) is 0 Å². The second kappa shape index (κ2) is 6.89.